The molecule has 0 atom stereocenters. The molecule has 6 heterocycles. The van der Waals surface area contributed by atoms with Crippen LogP contribution in [0.15, 0.2) is 67.0 Å². The second-order valence-electron chi connectivity index (χ2n) is 18.0. The highest BCUT2D eigenvalue weighted by atomic mass is 16.5. The number of ether oxygens (including phenoxy) is 1. The number of benzene rings is 2. The third-order valence-electron chi connectivity index (χ3n) is 13.4. The second-order valence-corrected chi connectivity index (χ2v) is 18.0. The number of amides is 4. The molecule has 15 nitrogen and oxygen atoms in total. The average Bonchev–Trinajstić information content (AvgIpc) is 3.70. The van der Waals surface area contributed by atoms with Crippen LogP contribution < -0.4 is 25.2 Å². The van der Waals surface area contributed by atoms with E-state index in [9.17, 15) is 19.6 Å². The van der Waals surface area contributed by atoms with Crippen LogP contribution in [0.2, 0.25) is 0 Å². The Kier molecular flexibility index (Phi) is 10.1. The molecule has 3 aromatic heterocycles. The first kappa shape index (κ1) is 39.3. The van der Waals surface area contributed by atoms with Crippen LogP contribution in [0.1, 0.15) is 81.9 Å². The van der Waals surface area contributed by atoms with Crippen molar-refractivity contribution in [3.05, 3.63) is 78.2 Å². The number of pyridine rings is 1. The van der Waals surface area contributed by atoms with Crippen molar-refractivity contribution in [2.24, 2.45) is 16.7 Å². The number of nitrogens with one attached hydrogen (secondary N) is 2. The largest absolute Gasteiger partial charge is 0.488 e. The molecule has 0 radical (unpaired) electrons. The monoisotopic (exact) mass is 809 g/mol. The standard InChI is InChI=1S/C45H51N11O4/c1-44(2)41(45(3,4)42(44)60-36-12-10-29(25-46)39-31(36)7-6-19-47-39)50-40(58)33-11-13-37(52-51-33)54-22-14-28(15-23-54)27-53-20-16-30(17-21-53)56-35-9-5-8-34(32(35)26-48-56)55-24-18-38(57)49-43(55)59/h5-13,19,26,28,30,41-42H,14-18,20-24,27H2,1-4H3,(H,50,58)(H,49,57,59). The topological polar surface area (TPSA) is 174 Å². The number of likely N-dealkylation sites (tertiary alicyclic amines) is 1. The quantitative estimate of drug-likeness (QED) is 0.183. The molecule has 4 aliphatic rings. The fourth-order valence-electron chi connectivity index (χ4n) is 10.5. The van der Waals surface area contributed by atoms with Crippen LogP contribution in [0.25, 0.3) is 21.8 Å². The zero-order valence-electron chi connectivity index (χ0n) is 34.6. The second kappa shape index (κ2) is 15.5. The smallest absolute Gasteiger partial charge is 0.328 e. The van der Waals surface area contributed by atoms with Crippen molar-refractivity contribution < 1.29 is 19.1 Å². The summed E-state index contributed by atoms with van der Waals surface area (Å²) in [6.45, 7) is 13.6. The Morgan fingerprint density at radius 2 is 1.70 bits per heavy atom. The first-order valence-electron chi connectivity index (χ1n) is 21.1. The van der Waals surface area contributed by atoms with Gasteiger partial charge < -0.3 is 19.9 Å². The van der Waals surface area contributed by atoms with Crippen LogP contribution in [0.5, 0.6) is 5.75 Å². The van der Waals surface area contributed by atoms with Crippen LogP contribution in [0.4, 0.5) is 16.3 Å². The zero-order valence-corrected chi connectivity index (χ0v) is 34.6. The van der Waals surface area contributed by atoms with Crippen molar-refractivity contribution in [3.8, 4) is 11.8 Å². The van der Waals surface area contributed by atoms with Gasteiger partial charge in [0.1, 0.15) is 17.9 Å². The van der Waals surface area contributed by atoms with Gasteiger partial charge in [0.05, 0.1) is 34.5 Å². The Morgan fingerprint density at radius 1 is 0.917 bits per heavy atom. The van der Waals surface area contributed by atoms with E-state index in [1.165, 1.54) is 0 Å². The Hall–Kier alpha value is -6.14. The van der Waals surface area contributed by atoms with Crippen LogP contribution in [-0.4, -0.2) is 99.1 Å². The summed E-state index contributed by atoms with van der Waals surface area (Å²) in [4.78, 5) is 48.7. The molecule has 0 bridgehead atoms. The van der Waals surface area contributed by atoms with Crippen molar-refractivity contribution in [1.29, 1.82) is 5.26 Å². The van der Waals surface area contributed by atoms with Crippen molar-refractivity contribution in [2.45, 2.75) is 78.0 Å². The lowest BCUT2D eigenvalue weighted by atomic mass is 9.49. The van der Waals surface area contributed by atoms with E-state index in [-0.39, 0.29) is 48.1 Å². The van der Waals surface area contributed by atoms with Gasteiger partial charge in [-0.05, 0) is 80.1 Å². The summed E-state index contributed by atoms with van der Waals surface area (Å²) in [5.41, 5.74) is 2.41. The number of hydrogen-bond acceptors (Lipinski definition) is 11. The molecule has 3 saturated heterocycles. The maximum atomic E-state index is 13.6. The molecule has 0 unspecified atom stereocenters. The summed E-state index contributed by atoms with van der Waals surface area (Å²) in [5, 5.41) is 30.6. The summed E-state index contributed by atoms with van der Waals surface area (Å²) < 4.78 is 8.76. The highest BCUT2D eigenvalue weighted by molar-refractivity contribution is 6.09. The molecule has 0 spiro atoms. The number of urea groups is 1. The molecule has 310 valence electrons. The van der Waals surface area contributed by atoms with E-state index in [4.69, 9.17) is 9.84 Å². The molecular formula is C45H51N11O4. The van der Waals surface area contributed by atoms with Crippen LogP contribution >= 0.6 is 0 Å². The number of nitrogens with zero attached hydrogens (tertiary/aromatic N) is 9. The number of aromatic nitrogens is 5. The minimum absolute atomic E-state index is 0.180. The molecule has 1 saturated carbocycles. The summed E-state index contributed by atoms with van der Waals surface area (Å²) >= 11 is 0. The first-order valence-corrected chi connectivity index (χ1v) is 21.1. The number of hydrogen-bond donors (Lipinski definition) is 2. The van der Waals surface area contributed by atoms with Gasteiger partial charge in [-0.3, -0.25) is 29.5 Å². The average molecular weight is 810 g/mol. The maximum absolute atomic E-state index is 13.6. The van der Waals surface area contributed by atoms with Gasteiger partial charge >= 0.3 is 6.03 Å². The van der Waals surface area contributed by atoms with Crippen LogP contribution in [0.3, 0.4) is 0 Å². The minimum Gasteiger partial charge on any atom is -0.488 e. The summed E-state index contributed by atoms with van der Waals surface area (Å²) in [5.74, 6) is 1.56. The van der Waals surface area contributed by atoms with E-state index < -0.39 is 10.8 Å². The number of rotatable bonds is 9. The SMILES string of the molecule is CC1(C)C(NC(=O)c2ccc(N3CCC(CN4CCC(n5ncc6c(N7CCC(=O)NC7=O)cccc65)CC4)CC3)nn2)C(C)(C)C1Oc1ccc(C#N)c2ncccc12. The van der Waals surface area contributed by atoms with Gasteiger partial charge in [0.2, 0.25) is 5.91 Å². The van der Waals surface area contributed by atoms with Gasteiger partial charge in [-0.15, -0.1) is 10.2 Å². The summed E-state index contributed by atoms with van der Waals surface area (Å²) in [6, 6.07) is 18.9. The normalized spacial score (nSPS) is 22.3. The number of imide groups is 1. The molecule has 3 aliphatic heterocycles. The number of nitriles is 1. The molecule has 9 rings (SSSR count). The lowest BCUT2D eigenvalue weighted by Gasteiger charge is -2.63. The fourth-order valence-corrected chi connectivity index (χ4v) is 10.5. The Balaban J connectivity index is 0.751. The van der Waals surface area contributed by atoms with Gasteiger partial charge in [0, 0.05) is 79.5 Å². The van der Waals surface area contributed by atoms with E-state index in [1.807, 2.05) is 42.6 Å². The third kappa shape index (κ3) is 7.06. The third-order valence-corrected chi connectivity index (χ3v) is 13.4. The van der Waals surface area contributed by atoms with Crippen molar-refractivity contribution >= 4 is 51.2 Å². The van der Waals surface area contributed by atoms with E-state index in [1.54, 1.807) is 23.2 Å². The van der Waals surface area contributed by atoms with Gasteiger partial charge in [0.25, 0.3) is 5.91 Å². The van der Waals surface area contributed by atoms with E-state index in [0.29, 0.717) is 29.3 Å². The highest BCUT2D eigenvalue weighted by Gasteiger charge is 2.64. The molecule has 60 heavy (non-hydrogen) atoms. The van der Waals surface area contributed by atoms with Gasteiger partial charge in [-0.1, -0.05) is 33.8 Å². The van der Waals surface area contributed by atoms with E-state index >= 15 is 0 Å². The fraction of sp³-hybridized carbons (Fsp3) is 0.467. The Bertz CT molecular complexity index is 2480. The van der Waals surface area contributed by atoms with E-state index in [0.717, 1.165) is 86.2 Å². The summed E-state index contributed by atoms with van der Waals surface area (Å²) in [7, 11) is 0. The van der Waals surface area contributed by atoms with Crippen molar-refractivity contribution in [1.82, 2.24) is 40.5 Å². The molecule has 1 aliphatic carbocycles. The van der Waals surface area contributed by atoms with Gasteiger partial charge in [-0.25, -0.2) is 4.79 Å². The van der Waals surface area contributed by atoms with Crippen molar-refractivity contribution in [3.63, 3.8) is 0 Å². The molecule has 4 fully saturated rings. The van der Waals surface area contributed by atoms with Gasteiger partial charge in [-0.2, -0.15) is 10.4 Å². The molecule has 4 amide bonds. The maximum Gasteiger partial charge on any atom is 0.328 e. The highest BCUT2D eigenvalue weighted by Crippen LogP contribution is 2.56. The number of anilines is 2. The Morgan fingerprint density at radius 3 is 2.42 bits per heavy atom. The van der Waals surface area contributed by atoms with Gasteiger partial charge in [0.15, 0.2) is 11.5 Å². The molecule has 5 aromatic rings. The minimum atomic E-state index is -0.395. The lowest BCUT2D eigenvalue weighted by molar-refractivity contribution is -0.163. The number of fused-ring (bicyclic) bond motifs is 2. The zero-order chi connectivity index (χ0) is 41.8. The predicted molar refractivity (Wildman–Crippen MR) is 227 cm³/mol. The van der Waals surface area contributed by atoms with Crippen LogP contribution in [-0.2, 0) is 4.79 Å². The molecule has 2 aromatic carbocycles. The van der Waals surface area contributed by atoms with Crippen LogP contribution in [0, 0.1) is 28.1 Å². The van der Waals surface area contributed by atoms with E-state index in [2.05, 4.69) is 80.1 Å². The molecular weight excluding hydrogens is 759 g/mol. The lowest BCUT2D eigenvalue weighted by Crippen LogP contribution is -2.74. The van der Waals surface area contributed by atoms with Crippen molar-refractivity contribution in [2.75, 3.05) is 49.1 Å². The number of carbonyl (C=O) groups is 3. The Labute approximate surface area is 349 Å². The number of carbonyl (C=O) groups excluding carboxylic acids is 3. The molecule has 15 heteroatoms. The molecule has 2 N–H and O–H groups in total. The number of piperidine rings is 2. The predicted octanol–water partition coefficient (Wildman–Crippen LogP) is 5.86. The summed E-state index contributed by atoms with van der Waals surface area (Å²) in [6.07, 6.45) is 7.75. The first-order chi connectivity index (χ1) is 28.9.